The SMILES string of the molecule is C=CCOC1=C(C(=O)OC)[C@]2(CCOCOC)C[C@@H]1C1(C[C@@H]2C)OCCO1. The monoisotopic (exact) mass is 382 g/mol. The molecular formula is C20H30O7. The normalized spacial score (nSPS) is 31.4. The first-order chi connectivity index (χ1) is 13.0. The van der Waals surface area contributed by atoms with Gasteiger partial charge in [-0.15, -0.1) is 0 Å². The van der Waals surface area contributed by atoms with Crippen molar-refractivity contribution in [3.8, 4) is 0 Å². The van der Waals surface area contributed by atoms with Crippen LogP contribution in [0.25, 0.3) is 0 Å². The molecule has 7 nitrogen and oxygen atoms in total. The number of esters is 1. The first kappa shape index (κ1) is 20.3. The van der Waals surface area contributed by atoms with E-state index in [4.69, 9.17) is 28.4 Å². The van der Waals surface area contributed by atoms with Crippen molar-refractivity contribution in [2.45, 2.75) is 32.0 Å². The number of ether oxygens (including phenoxy) is 6. The van der Waals surface area contributed by atoms with Gasteiger partial charge in [-0.1, -0.05) is 19.6 Å². The molecule has 0 aromatic rings. The molecular weight excluding hydrogens is 352 g/mol. The van der Waals surface area contributed by atoms with Crippen molar-refractivity contribution in [1.29, 1.82) is 0 Å². The maximum absolute atomic E-state index is 12.8. The molecule has 0 aromatic heterocycles. The lowest BCUT2D eigenvalue weighted by Crippen LogP contribution is -2.49. The molecule has 3 aliphatic rings. The van der Waals surface area contributed by atoms with Gasteiger partial charge in [-0.3, -0.25) is 0 Å². The molecule has 3 atom stereocenters. The molecule has 0 radical (unpaired) electrons. The van der Waals surface area contributed by atoms with Crippen LogP contribution in [-0.4, -0.2) is 59.2 Å². The number of carbonyl (C=O) groups is 1. The number of fused-ring (bicyclic) bond motifs is 3. The molecule has 27 heavy (non-hydrogen) atoms. The highest BCUT2D eigenvalue weighted by atomic mass is 16.7. The maximum atomic E-state index is 12.8. The standard InChI is InChI=1S/C20H30O7/c1-5-7-25-17-15-12-19(6-8-24-13-22-3,16(17)18(21)23-4)14(2)11-20(15)26-9-10-27-20/h5,14-15H,1,6-13H2,2-4H3/t14-,15-,19+/m0/s1. The zero-order chi connectivity index (χ0) is 19.5. The Morgan fingerprint density at radius 2 is 2.04 bits per heavy atom. The Morgan fingerprint density at radius 3 is 2.67 bits per heavy atom. The lowest BCUT2D eigenvalue weighted by atomic mass is 9.61. The molecule has 1 aliphatic heterocycles. The van der Waals surface area contributed by atoms with E-state index < -0.39 is 11.2 Å². The van der Waals surface area contributed by atoms with Crippen LogP contribution in [0.5, 0.6) is 0 Å². The van der Waals surface area contributed by atoms with Crippen molar-refractivity contribution in [2.75, 3.05) is 47.4 Å². The van der Waals surface area contributed by atoms with Crippen molar-refractivity contribution in [3.63, 3.8) is 0 Å². The molecule has 152 valence electrons. The van der Waals surface area contributed by atoms with Gasteiger partial charge in [0, 0.05) is 18.9 Å². The van der Waals surface area contributed by atoms with Crippen molar-refractivity contribution < 1.29 is 33.2 Å². The van der Waals surface area contributed by atoms with Gasteiger partial charge in [0.2, 0.25) is 0 Å². The predicted octanol–water partition coefficient (Wildman–Crippen LogP) is 2.42. The number of rotatable bonds is 9. The summed E-state index contributed by atoms with van der Waals surface area (Å²) < 4.78 is 33.9. The Balaban J connectivity index is 2.01. The number of hydrogen-bond donors (Lipinski definition) is 0. The minimum atomic E-state index is -0.734. The third-order valence-corrected chi connectivity index (χ3v) is 6.11. The van der Waals surface area contributed by atoms with Gasteiger partial charge in [-0.05, 0) is 18.8 Å². The Morgan fingerprint density at radius 1 is 1.30 bits per heavy atom. The number of hydrogen-bond acceptors (Lipinski definition) is 7. The highest BCUT2D eigenvalue weighted by Crippen LogP contribution is 2.64. The number of carbonyl (C=O) groups excluding carboxylic acids is 1. The van der Waals surface area contributed by atoms with E-state index in [0.29, 0.717) is 57.0 Å². The Kier molecular flexibility index (Phi) is 6.25. The molecule has 0 N–H and O–H groups in total. The average molecular weight is 382 g/mol. The molecule has 3 rings (SSSR count). The van der Waals surface area contributed by atoms with Crippen LogP contribution in [0.2, 0.25) is 0 Å². The van der Waals surface area contributed by atoms with Crippen LogP contribution in [0.15, 0.2) is 24.0 Å². The molecule has 0 amide bonds. The molecule has 1 spiro atoms. The summed E-state index contributed by atoms with van der Waals surface area (Å²) >= 11 is 0. The van der Waals surface area contributed by atoms with Gasteiger partial charge in [-0.25, -0.2) is 4.79 Å². The minimum Gasteiger partial charge on any atom is -0.493 e. The van der Waals surface area contributed by atoms with Gasteiger partial charge in [0.15, 0.2) is 5.79 Å². The van der Waals surface area contributed by atoms with E-state index in [0.717, 1.165) is 0 Å². The lowest BCUT2D eigenvalue weighted by molar-refractivity contribution is -0.228. The summed E-state index contributed by atoms with van der Waals surface area (Å²) in [5.74, 6) is -0.475. The van der Waals surface area contributed by atoms with Crippen LogP contribution >= 0.6 is 0 Å². The van der Waals surface area contributed by atoms with Crippen LogP contribution in [0.4, 0.5) is 0 Å². The van der Waals surface area contributed by atoms with Crippen LogP contribution < -0.4 is 0 Å². The van der Waals surface area contributed by atoms with Crippen LogP contribution in [-0.2, 0) is 33.2 Å². The van der Waals surface area contributed by atoms with E-state index in [9.17, 15) is 4.79 Å². The van der Waals surface area contributed by atoms with Crippen molar-refractivity contribution in [1.82, 2.24) is 0 Å². The molecule has 7 heteroatoms. The van der Waals surface area contributed by atoms with Gasteiger partial charge in [-0.2, -0.15) is 0 Å². The van der Waals surface area contributed by atoms with Gasteiger partial charge >= 0.3 is 5.97 Å². The van der Waals surface area contributed by atoms with Crippen LogP contribution in [0.3, 0.4) is 0 Å². The molecule has 2 aliphatic carbocycles. The van der Waals surface area contributed by atoms with E-state index in [-0.39, 0.29) is 24.6 Å². The zero-order valence-electron chi connectivity index (χ0n) is 16.5. The van der Waals surface area contributed by atoms with E-state index in [2.05, 4.69) is 13.5 Å². The first-order valence-corrected chi connectivity index (χ1v) is 9.46. The topological polar surface area (TPSA) is 72.5 Å². The summed E-state index contributed by atoms with van der Waals surface area (Å²) in [7, 11) is 2.99. The van der Waals surface area contributed by atoms with Crippen molar-refractivity contribution in [3.05, 3.63) is 24.0 Å². The Bertz CT molecular complexity index is 593. The Labute approximate surface area is 160 Å². The molecule has 2 fully saturated rings. The van der Waals surface area contributed by atoms with Crippen LogP contribution in [0.1, 0.15) is 26.2 Å². The predicted molar refractivity (Wildman–Crippen MR) is 96.6 cm³/mol. The molecule has 1 heterocycles. The molecule has 1 saturated carbocycles. The summed E-state index contributed by atoms with van der Waals surface area (Å²) in [6, 6.07) is 0. The van der Waals surface area contributed by atoms with E-state index in [1.165, 1.54) is 7.11 Å². The lowest BCUT2D eigenvalue weighted by Gasteiger charge is -2.47. The fourth-order valence-electron chi connectivity index (χ4n) is 4.93. The highest BCUT2D eigenvalue weighted by Gasteiger charge is 2.65. The third kappa shape index (κ3) is 3.42. The average Bonchev–Trinajstić information content (AvgIpc) is 3.24. The summed E-state index contributed by atoms with van der Waals surface area (Å²) in [5, 5.41) is 0. The largest absolute Gasteiger partial charge is 0.493 e. The summed E-state index contributed by atoms with van der Waals surface area (Å²) in [6.45, 7) is 7.99. The number of methoxy groups -OCH3 is 2. The zero-order valence-corrected chi connectivity index (χ0v) is 16.5. The van der Waals surface area contributed by atoms with Gasteiger partial charge in [0.25, 0.3) is 0 Å². The molecule has 0 aromatic carbocycles. The molecule has 2 bridgehead atoms. The first-order valence-electron chi connectivity index (χ1n) is 9.46. The minimum absolute atomic E-state index is 0.136. The Hall–Kier alpha value is -1.41. The second kappa shape index (κ2) is 8.31. The van der Waals surface area contributed by atoms with Gasteiger partial charge < -0.3 is 28.4 Å². The summed E-state index contributed by atoms with van der Waals surface area (Å²) in [5.41, 5.74) is 0.198. The van der Waals surface area contributed by atoms with E-state index >= 15 is 0 Å². The van der Waals surface area contributed by atoms with Gasteiger partial charge in [0.1, 0.15) is 19.2 Å². The van der Waals surface area contributed by atoms with Crippen molar-refractivity contribution in [2.24, 2.45) is 17.3 Å². The summed E-state index contributed by atoms with van der Waals surface area (Å²) in [6.07, 6.45) is 3.76. The smallest absolute Gasteiger partial charge is 0.337 e. The van der Waals surface area contributed by atoms with E-state index in [1.807, 2.05) is 0 Å². The van der Waals surface area contributed by atoms with E-state index in [1.54, 1.807) is 13.2 Å². The highest BCUT2D eigenvalue weighted by molar-refractivity contribution is 5.91. The molecule has 1 saturated heterocycles. The quantitative estimate of drug-likeness (QED) is 0.262. The maximum Gasteiger partial charge on any atom is 0.337 e. The van der Waals surface area contributed by atoms with Crippen molar-refractivity contribution >= 4 is 5.97 Å². The van der Waals surface area contributed by atoms with Crippen LogP contribution in [0, 0.1) is 17.3 Å². The fraction of sp³-hybridized carbons (Fsp3) is 0.750. The second-order valence-electron chi connectivity index (χ2n) is 7.42. The fourth-order valence-corrected chi connectivity index (χ4v) is 4.93. The second-order valence-corrected chi connectivity index (χ2v) is 7.42. The summed E-state index contributed by atoms with van der Waals surface area (Å²) in [4.78, 5) is 12.8. The third-order valence-electron chi connectivity index (χ3n) is 6.11. The molecule has 0 unspecified atom stereocenters. The van der Waals surface area contributed by atoms with Gasteiger partial charge in [0.05, 0.1) is 38.4 Å².